The Kier molecular flexibility index (Phi) is 13.0. The standard InChI is InChI=1S/C26H31N2O8P.C23H20FN3O4.C2H6/c1-16(2)21-6-22(24(7-23(21)30)36-37(32,33)34)25(31)28-11-18-4-3-17(5-19(18)12-28)10-27-13-26(14-27)8-20(9-26)35-15-29;1-9-10-3-4-15(25-2)19-12-7-27-17(20(12)26-16(18(10)19)6-14(9)24)5-11-13(22(27)29)8-31-23(30)21(11)28;1-2/h3-7,15-16,20,30H,8-14H2,1-2H3,(H2,32,33,34);5-6,15,21,25,28H,3-4,7-8H2,1-2H3;1-2H3. The van der Waals surface area contributed by atoms with Gasteiger partial charge in [0.2, 0.25) is 0 Å². The number of pyridine rings is 2. The van der Waals surface area contributed by atoms with Gasteiger partial charge in [-0.3, -0.25) is 29.1 Å². The van der Waals surface area contributed by atoms with E-state index in [1.807, 2.05) is 40.8 Å². The van der Waals surface area contributed by atoms with Crippen molar-refractivity contribution in [3.63, 3.8) is 0 Å². The average Bonchev–Trinajstić information content (AvgIpc) is 3.90. The Labute approximate surface area is 403 Å². The van der Waals surface area contributed by atoms with Crippen LogP contribution in [-0.4, -0.2) is 83.9 Å². The molecule has 19 heteroatoms. The largest absolute Gasteiger partial charge is 0.524 e. The van der Waals surface area contributed by atoms with Crippen LogP contribution in [0.1, 0.15) is 131 Å². The molecule has 4 aliphatic heterocycles. The number of fused-ring (bicyclic) bond motifs is 6. The molecule has 6 heterocycles. The third kappa shape index (κ3) is 8.68. The SMILES string of the molecule is CC.CC(C)c1cc(C(=O)N2Cc3ccc(CN4CC5(CC(OC=O)C5)C4)cc3C2)c(OP(=O)(O)O)cc1O.CNC1CCc2c(C)c(F)cc3nc4c(c1c23)Cn1c-4cc2c(c1=O)COC(=O)C2O. The van der Waals surface area contributed by atoms with E-state index in [-0.39, 0.29) is 69.7 Å². The molecule has 0 radical (unpaired) electrons. The molecule has 1 amide bonds. The van der Waals surface area contributed by atoms with Crippen molar-refractivity contribution in [2.45, 2.75) is 117 Å². The number of halogens is 1. The lowest BCUT2D eigenvalue weighted by atomic mass is 9.61. The normalized spacial score (nSPS) is 19.4. The van der Waals surface area contributed by atoms with Gasteiger partial charge in [-0.15, -0.1) is 0 Å². The van der Waals surface area contributed by atoms with Crippen LogP contribution < -0.4 is 15.4 Å². The first-order chi connectivity index (χ1) is 33.4. The number of likely N-dealkylation sites (tertiary alicyclic amines) is 1. The highest BCUT2D eigenvalue weighted by molar-refractivity contribution is 7.46. The van der Waals surface area contributed by atoms with Crippen LogP contribution in [0.25, 0.3) is 22.3 Å². The molecule has 3 aromatic carbocycles. The summed E-state index contributed by atoms with van der Waals surface area (Å²) in [6.45, 7) is 13.7. The number of hydrogen-bond donors (Lipinski definition) is 5. The minimum atomic E-state index is -4.94. The number of cyclic esters (lactones) is 1. The van der Waals surface area contributed by atoms with Crippen molar-refractivity contribution in [2.24, 2.45) is 5.41 Å². The lowest BCUT2D eigenvalue weighted by Crippen LogP contribution is -2.63. The molecule has 5 N–H and O–H groups in total. The Hall–Kier alpha value is -6.01. The molecule has 1 spiro atoms. The first kappa shape index (κ1) is 49.0. The Morgan fingerprint density at radius 2 is 1.77 bits per heavy atom. The summed E-state index contributed by atoms with van der Waals surface area (Å²) >= 11 is 0. The van der Waals surface area contributed by atoms with Gasteiger partial charge in [0.05, 0.1) is 34.6 Å². The number of phosphoric acid groups is 1. The van der Waals surface area contributed by atoms with Gasteiger partial charge in [-0.05, 0) is 96.6 Å². The fourth-order valence-corrected chi connectivity index (χ4v) is 11.7. The van der Waals surface area contributed by atoms with Crippen molar-refractivity contribution in [1.29, 1.82) is 0 Å². The van der Waals surface area contributed by atoms with E-state index in [4.69, 9.17) is 19.0 Å². The lowest BCUT2D eigenvalue weighted by molar-refractivity contribution is -0.165. The van der Waals surface area contributed by atoms with Crippen molar-refractivity contribution in [2.75, 3.05) is 20.1 Å². The van der Waals surface area contributed by atoms with Gasteiger partial charge in [-0.25, -0.2) is 18.7 Å². The third-order valence-corrected chi connectivity index (χ3v) is 15.0. The number of aromatic hydroxyl groups is 1. The van der Waals surface area contributed by atoms with E-state index >= 15 is 0 Å². The van der Waals surface area contributed by atoms with Gasteiger partial charge in [-0.1, -0.05) is 45.9 Å². The van der Waals surface area contributed by atoms with E-state index in [0.29, 0.717) is 54.1 Å². The number of phosphoric ester groups is 1. The van der Waals surface area contributed by atoms with Crippen LogP contribution in [0.5, 0.6) is 11.5 Å². The zero-order valence-electron chi connectivity index (χ0n) is 39.9. The smallest absolute Gasteiger partial charge is 0.508 e. The Balaban J connectivity index is 0.000000170. The summed E-state index contributed by atoms with van der Waals surface area (Å²) in [6, 6.07) is 11.9. The molecule has 2 unspecified atom stereocenters. The molecule has 6 aliphatic rings. The van der Waals surface area contributed by atoms with Crippen molar-refractivity contribution in [3.05, 3.63) is 120 Å². The number of aryl methyl sites for hydroxylation is 1. The molecule has 2 aromatic heterocycles. The van der Waals surface area contributed by atoms with E-state index in [9.17, 15) is 48.1 Å². The number of phenolic OH excluding ortho intramolecular Hbond substituents is 1. The molecule has 5 aromatic rings. The molecular formula is C51H57FN5O12P. The summed E-state index contributed by atoms with van der Waals surface area (Å²) in [5.74, 6) is -2.13. The molecule has 11 rings (SSSR count). The van der Waals surface area contributed by atoms with Crippen LogP contribution in [0, 0.1) is 18.2 Å². The molecule has 0 bridgehead atoms. The maximum atomic E-state index is 14.7. The van der Waals surface area contributed by atoms with Gasteiger partial charge < -0.3 is 39.0 Å². The number of nitrogens with zero attached hydrogens (tertiary/aromatic N) is 4. The fraction of sp³-hybridized carbons (Fsp3) is 0.431. The van der Waals surface area contributed by atoms with Crippen molar-refractivity contribution >= 4 is 37.1 Å². The van der Waals surface area contributed by atoms with Crippen LogP contribution in [0.2, 0.25) is 0 Å². The summed E-state index contributed by atoms with van der Waals surface area (Å²) in [6.07, 6.45) is 1.98. The van der Waals surface area contributed by atoms with E-state index in [0.717, 1.165) is 90.2 Å². The summed E-state index contributed by atoms with van der Waals surface area (Å²) in [5.41, 5.74) is 9.53. The topological polar surface area (TPSA) is 230 Å². The molecule has 2 fully saturated rings. The number of aromatic nitrogens is 2. The minimum Gasteiger partial charge on any atom is -0.508 e. The van der Waals surface area contributed by atoms with Gasteiger partial charge in [0.15, 0.2) is 6.10 Å². The number of esters is 1. The van der Waals surface area contributed by atoms with Crippen LogP contribution in [0.4, 0.5) is 4.39 Å². The number of benzene rings is 3. The number of phenols is 1. The monoisotopic (exact) mass is 981 g/mol. The molecule has 370 valence electrons. The van der Waals surface area contributed by atoms with Crippen molar-refractivity contribution in [1.82, 2.24) is 24.7 Å². The fourth-order valence-electron chi connectivity index (χ4n) is 11.3. The molecular weight excluding hydrogens is 925 g/mol. The minimum absolute atomic E-state index is 0.00101. The number of carbonyl (C=O) groups is 3. The summed E-state index contributed by atoms with van der Waals surface area (Å²) < 4.78 is 42.6. The molecule has 17 nitrogen and oxygen atoms in total. The number of ether oxygens (including phenoxy) is 2. The zero-order chi connectivity index (χ0) is 50.1. The second-order valence-electron chi connectivity index (χ2n) is 19.3. The molecule has 70 heavy (non-hydrogen) atoms. The van der Waals surface area contributed by atoms with Crippen LogP contribution in [0.15, 0.2) is 47.3 Å². The number of aliphatic hydroxyl groups excluding tert-OH is 1. The quantitative estimate of drug-likeness (QED) is 0.0594. The number of aliphatic hydroxyl groups is 1. The Morgan fingerprint density at radius 1 is 1.04 bits per heavy atom. The molecule has 2 aliphatic carbocycles. The van der Waals surface area contributed by atoms with E-state index in [1.54, 1.807) is 22.5 Å². The van der Waals surface area contributed by atoms with Gasteiger partial charge in [-0.2, -0.15) is 0 Å². The van der Waals surface area contributed by atoms with E-state index in [1.165, 1.54) is 12.1 Å². The average molecular weight is 982 g/mol. The molecule has 2 atom stereocenters. The summed E-state index contributed by atoms with van der Waals surface area (Å²) in [4.78, 5) is 76.4. The van der Waals surface area contributed by atoms with Gasteiger partial charge >= 0.3 is 13.8 Å². The van der Waals surface area contributed by atoms with Gasteiger partial charge in [0.25, 0.3) is 17.9 Å². The van der Waals surface area contributed by atoms with Crippen LogP contribution in [-0.2, 0) is 62.8 Å². The third-order valence-electron chi connectivity index (χ3n) is 14.6. The lowest BCUT2D eigenvalue weighted by Gasteiger charge is -2.58. The van der Waals surface area contributed by atoms with Crippen molar-refractivity contribution < 1.29 is 57.3 Å². The number of amides is 1. The zero-order valence-corrected chi connectivity index (χ0v) is 40.8. The number of nitrogens with one attached hydrogen (secondary N) is 1. The Morgan fingerprint density at radius 3 is 2.46 bits per heavy atom. The highest BCUT2D eigenvalue weighted by atomic mass is 31.2. The first-order valence-electron chi connectivity index (χ1n) is 23.6. The predicted octanol–water partition coefficient (Wildman–Crippen LogP) is 6.48. The van der Waals surface area contributed by atoms with E-state index in [2.05, 4.69) is 22.3 Å². The summed E-state index contributed by atoms with van der Waals surface area (Å²) in [7, 11) is -3.04. The maximum Gasteiger partial charge on any atom is 0.524 e. The van der Waals surface area contributed by atoms with Gasteiger partial charge in [0.1, 0.15) is 30.0 Å². The first-order valence-corrected chi connectivity index (χ1v) is 25.2. The highest BCUT2D eigenvalue weighted by Gasteiger charge is 2.53. The van der Waals surface area contributed by atoms with Crippen molar-refractivity contribution in [3.8, 4) is 22.9 Å². The Bertz CT molecular complexity index is 3080. The second-order valence-corrected chi connectivity index (χ2v) is 20.4. The number of carbonyl (C=O) groups excluding carboxylic acids is 3. The predicted molar refractivity (Wildman–Crippen MR) is 254 cm³/mol. The maximum absolute atomic E-state index is 14.7. The van der Waals surface area contributed by atoms with Crippen LogP contribution in [0.3, 0.4) is 0 Å². The summed E-state index contributed by atoms with van der Waals surface area (Å²) in [5, 5.41) is 24.9. The second kappa shape index (κ2) is 18.6. The molecule has 1 saturated carbocycles. The number of rotatable bonds is 9. The number of hydrogen-bond acceptors (Lipinski definition) is 13. The van der Waals surface area contributed by atoms with Crippen LogP contribution >= 0.6 is 7.82 Å². The molecule has 1 saturated heterocycles. The van der Waals surface area contributed by atoms with E-state index < -0.39 is 25.8 Å². The highest BCUT2D eigenvalue weighted by Crippen LogP contribution is 2.50. The van der Waals surface area contributed by atoms with Gasteiger partial charge in [0, 0.05) is 72.8 Å².